The van der Waals surface area contributed by atoms with Crippen molar-refractivity contribution in [3.63, 3.8) is 0 Å². The predicted molar refractivity (Wildman–Crippen MR) is 174 cm³/mol. The van der Waals surface area contributed by atoms with Gasteiger partial charge in [-0.05, 0) is 86.4 Å². The second kappa shape index (κ2) is 8.65. The molecule has 4 heteroatoms. The van der Waals surface area contributed by atoms with E-state index in [2.05, 4.69) is 113 Å². The van der Waals surface area contributed by atoms with Gasteiger partial charge in [-0.3, -0.25) is 4.98 Å². The molecular weight excluding hydrogens is 476 g/mol. The molecule has 1 aliphatic heterocycles. The highest BCUT2D eigenvalue weighted by molar-refractivity contribution is 8.00. The summed E-state index contributed by atoms with van der Waals surface area (Å²) in [5.74, 6) is 0. The lowest BCUT2D eigenvalue weighted by molar-refractivity contribution is 0.410. The molecule has 0 N–H and O–H groups in total. The lowest BCUT2D eigenvalue weighted by Gasteiger charge is -2.29. The molecule has 0 unspecified atom stereocenters. The Bertz CT molecular complexity index is 1790. The predicted octanol–water partition coefficient (Wildman–Crippen LogP) is 6.68. The molecule has 1 aliphatic rings. The molecule has 0 atom stereocenters. The lowest BCUT2D eigenvalue weighted by atomic mass is 9.77. The van der Waals surface area contributed by atoms with Gasteiger partial charge in [0.25, 0.3) is 0 Å². The average molecular weight is 513 g/mol. The van der Waals surface area contributed by atoms with E-state index in [9.17, 15) is 0 Å². The molecule has 6 rings (SSSR count). The zero-order chi connectivity index (χ0) is 27.1. The fraction of sp³-hybridized carbons (Fsp3) is 0.324. The third kappa shape index (κ3) is 4.26. The summed E-state index contributed by atoms with van der Waals surface area (Å²) >= 11 is 1.97. The summed E-state index contributed by atoms with van der Waals surface area (Å²) in [5, 5.41) is 8.22. The van der Waals surface area contributed by atoms with E-state index in [-0.39, 0.29) is 10.8 Å². The van der Waals surface area contributed by atoms with Gasteiger partial charge in [0.2, 0.25) is 0 Å². The topological polar surface area (TPSA) is 12.9 Å². The molecule has 4 aromatic carbocycles. The van der Waals surface area contributed by atoms with Gasteiger partial charge >= 0.3 is 0 Å². The van der Waals surface area contributed by atoms with E-state index >= 15 is 0 Å². The Labute approximate surface area is 233 Å². The van der Waals surface area contributed by atoms with Crippen molar-refractivity contribution in [2.45, 2.75) is 71.1 Å². The van der Waals surface area contributed by atoms with Crippen molar-refractivity contribution >= 4 is 70.8 Å². The normalized spacial score (nSPS) is 13.4. The quantitative estimate of drug-likeness (QED) is 0.189. The van der Waals surface area contributed by atoms with E-state index in [1.54, 1.807) is 0 Å². The van der Waals surface area contributed by atoms with Crippen LogP contribution in [0.25, 0.3) is 43.6 Å². The Morgan fingerprint density at radius 2 is 1.53 bits per heavy atom. The van der Waals surface area contributed by atoms with Gasteiger partial charge in [0, 0.05) is 20.7 Å². The van der Waals surface area contributed by atoms with Crippen molar-refractivity contribution < 1.29 is 0 Å². The van der Waals surface area contributed by atoms with Gasteiger partial charge in [0.15, 0.2) is 7.85 Å². The van der Waals surface area contributed by atoms with Crippen LogP contribution in [0.15, 0.2) is 58.3 Å². The summed E-state index contributed by atoms with van der Waals surface area (Å²) in [7, 11) is 4.46. The molecule has 0 fully saturated rings. The summed E-state index contributed by atoms with van der Waals surface area (Å²) in [6.07, 6.45) is 2.09. The van der Waals surface area contributed by atoms with Gasteiger partial charge in [-0.15, -0.1) is 0 Å². The molecule has 5 aromatic rings. The number of pyridine rings is 1. The Hall–Kier alpha value is -2.71. The second-order valence-electron chi connectivity index (χ2n) is 13.8. The van der Waals surface area contributed by atoms with Crippen LogP contribution in [0.5, 0.6) is 0 Å². The van der Waals surface area contributed by atoms with Crippen molar-refractivity contribution in [3.05, 3.63) is 65.2 Å². The van der Waals surface area contributed by atoms with Gasteiger partial charge in [0.1, 0.15) is 7.85 Å². The van der Waals surface area contributed by atoms with E-state index in [4.69, 9.17) is 4.98 Å². The van der Waals surface area contributed by atoms with Crippen LogP contribution in [-0.4, -0.2) is 20.7 Å². The van der Waals surface area contributed by atoms with Gasteiger partial charge in [-0.2, -0.15) is 0 Å². The molecule has 0 bridgehead atoms. The summed E-state index contributed by atoms with van der Waals surface area (Å²) in [5.41, 5.74) is 9.54. The van der Waals surface area contributed by atoms with Crippen LogP contribution in [-0.2, 0) is 12.8 Å². The number of fused-ring (bicyclic) bond motifs is 5. The van der Waals surface area contributed by atoms with Crippen molar-refractivity contribution in [2.75, 3.05) is 0 Å². The summed E-state index contributed by atoms with van der Waals surface area (Å²) in [6, 6.07) is 18.7. The van der Waals surface area contributed by atoms with Crippen LogP contribution >= 0.6 is 11.8 Å². The zero-order valence-electron chi connectivity index (χ0n) is 24.4. The smallest absolute Gasteiger partial charge is 0.163 e. The Balaban J connectivity index is 1.77. The van der Waals surface area contributed by atoms with Crippen LogP contribution in [0.2, 0.25) is 0 Å². The third-order valence-electron chi connectivity index (χ3n) is 7.90. The minimum atomic E-state index is 0.185. The lowest BCUT2D eigenvalue weighted by Crippen LogP contribution is -2.31. The van der Waals surface area contributed by atoms with Crippen molar-refractivity contribution in [1.29, 1.82) is 0 Å². The first kappa shape index (κ1) is 25.6. The highest BCUT2D eigenvalue weighted by atomic mass is 32.2. The van der Waals surface area contributed by atoms with Gasteiger partial charge in [0.05, 0.1) is 5.69 Å². The van der Waals surface area contributed by atoms with Crippen LogP contribution < -0.4 is 11.1 Å². The summed E-state index contributed by atoms with van der Waals surface area (Å²) in [4.78, 5) is 8.08. The number of nitrogens with zero attached hydrogens (tertiary/aromatic N) is 1. The number of hydrogen-bond donors (Lipinski definition) is 0. The molecule has 0 amide bonds. The maximum absolute atomic E-state index is 5.34. The second-order valence-corrected chi connectivity index (χ2v) is 14.9. The Morgan fingerprint density at radius 3 is 2.24 bits per heavy atom. The van der Waals surface area contributed by atoms with E-state index in [1.807, 2.05) is 11.8 Å². The van der Waals surface area contributed by atoms with E-state index in [0.29, 0.717) is 0 Å². The fourth-order valence-electron chi connectivity index (χ4n) is 6.29. The minimum Gasteiger partial charge on any atom is -0.263 e. The highest BCUT2D eigenvalue weighted by Gasteiger charge is 2.29. The molecule has 0 spiro atoms. The largest absolute Gasteiger partial charge is 0.263 e. The molecule has 190 valence electrons. The van der Waals surface area contributed by atoms with Crippen LogP contribution in [0.4, 0.5) is 0 Å². The number of aryl methyl sites for hydroxylation is 1. The molecule has 2 heterocycles. The van der Waals surface area contributed by atoms with Gasteiger partial charge in [-0.1, -0.05) is 101 Å². The standard InChI is InChI=1S/C34H37B2NS/c1-18-11-12-22-21(13-18)14-23-30-27-25(38-31(23)24(22)17-34(5,6)7)15-19-9-8-10-20(16-33(2,3)4)26(19)28(27)29(35)32(36)37-30/h8-15H,16-17,35-36H2,1-7H3. The minimum absolute atomic E-state index is 0.185. The highest BCUT2D eigenvalue weighted by Crippen LogP contribution is 2.52. The van der Waals surface area contributed by atoms with E-state index in [1.165, 1.54) is 69.8 Å². The molecule has 38 heavy (non-hydrogen) atoms. The molecule has 1 nitrogen and oxygen atoms in total. The van der Waals surface area contributed by atoms with Gasteiger partial charge < -0.3 is 0 Å². The maximum atomic E-state index is 5.34. The van der Waals surface area contributed by atoms with Crippen LogP contribution in [0.3, 0.4) is 0 Å². The number of aromatic nitrogens is 1. The fourth-order valence-corrected chi connectivity index (χ4v) is 7.57. The molecule has 0 radical (unpaired) electrons. The van der Waals surface area contributed by atoms with E-state index < -0.39 is 0 Å². The first-order chi connectivity index (χ1) is 17.8. The van der Waals surface area contributed by atoms with Crippen molar-refractivity contribution in [1.82, 2.24) is 4.98 Å². The Morgan fingerprint density at radius 1 is 0.789 bits per heavy atom. The summed E-state index contributed by atoms with van der Waals surface area (Å²) in [6.45, 7) is 16.3. The van der Waals surface area contributed by atoms with Crippen molar-refractivity contribution in [3.8, 4) is 11.3 Å². The first-order valence-corrected chi connectivity index (χ1v) is 14.7. The molecular formula is C34H37B2NS. The molecule has 0 aliphatic carbocycles. The SMILES string of the molecule is Bc1nc2c3c(cc4cccc(CC(C)(C)C)c4c3c1B)Sc1c-2cc2cc(C)ccc2c1CC(C)(C)C. The average Bonchev–Trinajstić information content (AvgIpc) is 2.80. The van der Waals surface area contributed by atoms with Gasteiger partial charge in [-0.25, -0.2) is 0 Å². The number of hydrogen-bond acceptors (Lipinski definition) is 2. The van der Waals surface area contributed by atoms with Crippen LogP contribution in [0, 0.1) is 17.8 Å². The van der Waals surface area contributed by atoms with E-state index in [0.717, 1.165) is 24.1 Å². The maximum Gasteiger partial charge on any atom is 0.163 e. The molecule has 0 saturated carbocycles. The summed E-state index contributed by atoms with van der Waals surface area (Å²) < 4.78 is 0. The number of rotatable bonds is 2. The molecule has 1 aromatic heterocycles. The van der Waals surface area contributed by atoms with Crippen LogP contribution in [0.1, 0.15) is 58.2 Å². The first-order valence-electron chi connectivity index (χ1n) is 13.9. The van der Waals surface area contributed by atoms with Crippen molar-refractivity contribution in [2.24, 2.45) is 10.8 Å². The molecule has 0 saturated heterocycles. The Kier molecular flexibility index (Phi) is 5.82. The monoisotopic (exact) mass is 513 g/mol. The zero-order valence-corrected chi connectivity index (χ0v) is 25.2. The third-order valence-corrected chi connectivity index (χ3v) is 9.11. The number of benzene rings is 4.